The van der Waals surface area contributed by atoms with Crippen molar-refractivity contribution in [3.05, 3.63) is 57.9 Å². The summed E-state index contributed by atoms with van der Waals surface area (Å²) < 4.78 is 51.7. The number of carbonyl (C=O) groups excluding carboxylic acids is 3. The number of hydrogen-bond acceptors (Lipinski definition) is 9. The van der Waals surface area contributed by atoms with Gasteiger partial charge in [-0.15, -0.1) is 0 Å². The van der Waals surface area contributed by atoms with Crippen LogP contribution in [-0.2, 0) is 34.0 Å². The van der Waals surface area contributed by atoms with Gasteiger partial charge in [0.05, 0.1) is 18.1 Å². The van der Waals surface area contributed by atoms with Crippen LogP contribution in [0, 0.1) is 21.8 Å². The molecule has 202 valence electrons. The van der Waals surface area contributed by atoms with Gasteiger partial charge in [-0.2, -0.15) is 4.39 Å². The second-order valence-electron chi connectivity index (χ2n) is 7.20. The molecule has 0 heterocycles. The maximum absolute atomic E-state index is 13.3. The Hall–Kier alpha value is -3.74. The number of nitrogens with one attached hydrogen (secondary N) is 1. The van der Waals surface area contributed by atoms with Crippen molar-refractivity contribution >= 4 is 47.7 Å². The van der Waals surface area contributed by atoms with Gasteiger partial charge in [-0.1, -0.05) is 6.07 Å². The van der Waals surface area contributed by atoms with Crippen LogP contribution in [0.4, 0.5) is 15.8 Å². The van der Waals surface area contributed by atoms with Crippen LogP contribution in [0.15, 0.2) is 36.4 Å². The number of carbonyl (C=O) groups is 3. The average Bonchev–Trinajstić information content (AvgIpc) is 2.79. The Bertz CT molecular complexity index is 1180. The van der Waals surface area contributed by atoms with Gasteiger partial charge in [-0.25, -0.2) is 0 Å². The number of nitro benzene ring substituents is 1. The number of nitro groups is 1. The molecule has 0 radical (unpaired) electrons. The predicted molar refractivity (Wildman–Crippen MR) is 126 cm³/mol. The number of rotatable bonds is 9. The Morgan fingerprint density at radius 1 is 1.11 bits per heavy atom. The van der Waals surface area contributed by atoms with Crippen molar-refractivity contribution in [1.29, 1.82) is 0 Å². The second kappa shape index (κ2) is 14.1. The maximum Gasteiger partial charge on any atom is 0.320 e. The summed E-state index contributed by atoms with van der Waals surface area (Å²) in [7, 11) is 0. The van der Waals surface area contributed by atoms with Gasteiger partial charge in [0, 0.05) is 6.07 Å². The van der Waals surface area contributed by atoms with Crippen molar-refractivity contribution in [2.75, 3.05) is 18.5 Å². The number of hydrogen-bond donors (Lipinski definition) is 4. The largest absolute Gasteiger partial charge is 0.465 e. The quantitative estimate of drug-likeness (QED) is 0.0810. The Labute approximate surface area is 213 Å². The van der Waals surface area contributed by atoms with Crippen LogP contribution in [0.1, 0.15) is 26.3 Å². The number of nitrogens with zero attached hydrogens (tertiary/aromatic N) is 1. The molecule has 0 aliphatic heterocycles. The van der Waals surface area contributed by atoms with Gasteiger partial charge < -0.3 is 9.47 Å². The third kappa shape index (κ3) is 9.67. The predicted octanol–water partition coefficient (Wildman–Crippen LogP) is 0.930. The number of esters is 2. The van der Waals surface area contributed by atoms with Crippen molar-refractivity contribution in [2.24, 2.45) is 5.92 Å². The summed E-state index contributed by atoms with van der Waals surface area (Å²) in [5.74, 6) is -4.68. The minimum absolute atomic E-state index is 0.0817. The van der Waals surface area contributed by atoms with E-state index in [1.165, 1.54) is 31.2 Å². The van der Waals surface area contributed by atoms with E-state index < -0.39 is 54.4 Å². The second-order valence-corrected chi connectivity index (χ2v) is 10.5. The van der Waals surface area contributed by atoms with Crippen molar-refractivity contribution < 1.29 is 50.2 Å². The number of anilines is 1. The van der Waals surface area contributed by atoms with E-state index in [0.717, 1.165) is 12.1 Å². The van der Waals surface area contributed by atoms with E-state index in [9.17, 15) is 37.7 Å². The molecule has 13 nitrogen and oxygen atoms in total. The summed E-state index contributed by atoms with van der Waals surface area (Å²) in [4.78, 5) is 44.3. The molecular formula is C22H26AsFN2O11. The molecule has 0 unspecified atom stereocenters. The van der Waals surface area contributed by atoms with E-state index in [0.29, 0.717) is 0 Å². The molecule has 1 amide bonds. The molecule has 15 heteroatoms. The number of amides is 1. The van der Waals surface area contributed by atoms with Crippen LogP contribution >= 0.6 is 0 Å². The summed E-state index contributed by atoms with van der Waals surface area (Å²) in [5, 5.41) is 22.3. The van der Waals surface area contributed by atoms with E-state index in [1.807, 2.05) is 0 Å². The SMILES string of the molecule is CC(=O)Nc1c(O)cccc1[As](=O)(O)O.CCOC(=O)C(Cc1ccc(F)c([N+](=O)[O-])c1)C(=O)OCC. The van der Waals surface area contributed by atoms with Gasteiger partial charge in [-0.3, -0.25) is 19.7 Å². The molecule has 0 bridgehead atoms. The first kappa shape index (κ1) is 31.3. The molecule has 37 heavy (non-hydrogen) atoms. The molecule has 0 aliphatic rings. The zero-order valence-electron chi connectivity index (χ0n) is 20.0. The first-order valence-corrected chi connectivity index (χ1v) is 14.0. The average molecular weight is 588 g/mol. The van der Waals surface area contributed by atoms with Gasteiger partial charge in [0.15, 0.2) is 5.92 Å². The summed E-state index contributed by atoms with van der Waals surface area (Å²) >= 11 is -5.14. The number of phenols is 1. The summed E-state index contributed by atoms with van der Waals surface area (Å²) in [6.45, 7) is 4.52. The van der Waals surface area contributed by atoms with Gasteiger partial charge in [0.25, 0.3) is 0 Å². The van der Waals surface area contributed by atoms with Crippen molar-refractivity contribution in [1.82, 2.24) is 0 Å². The van der Waals surface area contributed by atoms with Crippen LogP contribution in [0.5, 0.6) is 5.75 Å². The van der Waals surface area contributed by atoms with E-state index in [4.69, 9.17) is 17.7 Å². The standard InChI is InChI=1S/C14H16FNO6.C8H10AsNO5/c1-3-21-13(17)10(14(18)22-4-2)7-9-5-6-11(15)12(8-9)16(19)20;1-5(11)10-8-6(9(13,14)15)3-2-4-7(8)12/h5-6,8,10H,3-4,7H2,1-2H3;2-4,12H,1H3,(H,10,11)(H2,13,14,15). The van der Waals surface area contributed by atoms with Gasteiger partial charge in [0.2, 0.25) is 5.82 Å². The van der Waals surface area contributed by atoms with Crippen LogP contribution < -0.4 is 9.67 Å². The third-order valence-corrected chi connectivity index (χ3v) is 6.52. The number of benzene rings is 2. The first-order chi connectivity index (χ1) is 17.2. The summed E-state index contributed by atoms with van der Waals surface area (Å²) in [6.07, 6.45) is -0.168. The Kier molecular flexibility index (Phi) is 11.9. The summed E-state index contributed by atoms with van der Waals surface area (Å²) in [5.41, 5.74) is -0.680. The fourth-order valence-corrected chi connectivity index (χ4v) is 4.44. The van der Waals surface area contributed by atoms with Crippen molar-refractivity contribution in [3.8, 4) is 5.75 Å². The molecule has 0 aromatic heterocycles. The number of aromatic hydroxyl groups is 1. The Morgan fingerprint density at radius 2 is 1.68 bits per heavy atom. The molecule has 2 aromatic carbocycles. The van der Waals surface area contributed by atoms with E-state index in [-0.39, 0.29) is 41.0 Å². The third-order valence-electron chi connectivity index (χ3n) is 4.42. The van der Waals surface area contributed by atoms with Gasteiger partial charge in [-0.05, 0) is 31.9 Å². The molecule has 0 saturated carbocycles. The molecular weight excluding hydrogens is 562 g/mol. The first-order valence-electron chi connectivity index (χ1n) is 10.6. The molecule has 2 rings (SSSR count). The van der Waals surface area contributed by atoms with Crippen molar-refractivity contribution in [3.63, 3.8) is 0 Å². The number of ether oxygens (including phenoxy) is 2. The Morgan fingerprint density at radius 3 is 2.14 bits per heavy atom. The molecule has 0 saturated heterocycles. The normalized spacial score (nSPS) is 10.7. The minimum Gasteiger partial charge on any atom is -0.465 e. The molecule has 0 spiro atoms. The number of phenolic OH excluding ortho intramolecular Hbond substituents is 1. The maximum atomic E-state index is 13.3. The monoisotopic (exact) mass is 588 g/mol. The topological polar surface area (TPSA) is 203 Å². The van der Waals surface area contributed by atoms with E-state index >= 15 is 0 Å². The van der Waals surface area contributed by atoms with Gasteiger partial charge in [0.1, 0.15) is 0 Å². The number of halogens is 1. The van der Waals surface area contributed by atoms with Crippen LogP contribution in [0.25, 0.3) is 0 Å². The zero-order chi connectivity index (χ0) is 28.3. The number of para-hydroxylation sites is 1. The smallest absolute Gasteiger partial charge is 0.320 e. The Balaban J connectivity index is 0.000000397. The zero-order valence-corrected chi connectivity index (χ0v) is 21.9. The van der Waals surface area contributed by atoms with Crippen LogP contribution in [-0.4, -0.2) is 63.5 Å². The van der Waals surface area contributed by atoms with Crippen molar-refractivity contribution in [2.45, 2.75) is 27.2 Å². The van der Waals surface area contributed by atoms with Crippen LogP contribution in [0.2, 0.25) is 0 Å². The van der Waals surface area contributed by atoms with Gasteiger partial charge >= 0.3 is 106 Å². The fourth-order valence-electron chi connectivity index (χ4n) is 2.88. The molecule has 0 atom stereocenters. The van der Waals surface area contributed by atoms with E-state index in [2.05, 4.69) is 5.32 Å². The molecule has 0 aliphatic carbocycles. The summed E-state index contributed by atoms with van der Waals surface area (Å²) in [6, 6.07) is 6.89. The minimum atomic E-state index is -5.14. The molecule has 4 N–H and O–H groups in total. The molecule has 0 fully saturated rings. The van der Waals surface area contributed by atoms with E-state index in [1.54, 1.807) is 13.8 Å². The van der Waals surface area contributed by atoms with Crippen LogP contribution in [0.3, 0.4) is 0 Å². The fraction of sp³-hybridized carbons (Fsp3) is 0.318. The molecule has 2 aromatic rings.